The lowest BCUT2D eigenvalue weighted by molar-refractivity contribution is -0.136. The molecule has 7 nitrogen and oxygen atoms in total. The van der Waals surface area contributed by atoms with Crippen molar-refractivity contribution in [2.75, 3.05) is 13.2 Å². The fraction of sp³-hybridized carbons (Fsp3) is 0.812. The molecule has 0 bridgehead atoms. The zero-order valence-corrected chi connectivity index (χ0v) is 13.6. The largest absolute Gasteiger partial charge is 0.368 e. The second-order valence-electron chi connectivity index (χ2n) is 7.03. The molecule has 0 unspecified atom stereocenters. The van der Waals surface area contributed by atoms with Crippen molar-refractivity contribution in [3.63, 3.8) is 0 Å². The number of carbonyl (C=O) groups is 3. The summed E-state index contributed by atoms with van der Waals surface area (Å²) in [6.45, 7) is 0.859. The Morgan fingerprint density at radius 2 is 1.83 bits per heavy atom. The normalized spacial score (nSPS) is 28.7. The summed E-state index contributed by atoms with van der Waals surface area (Å²) in [4.78, 5) is 40.0. The molecule has 1 spiro atoms. The Hall–Kier alpha value is -1.63. The van der Waals surface area contributed by atoms with Crippen LogP contribution in [0.1, 0.15) is 57.8 Å². The van der Waals surface area contributed by atoms with Gasteiger partial charge in [-0.15, -0.1) is 0 Å². The maximum atomic E-state index is 12.9. The molecule has 7 heteroatoms. The topological polar surface area (TPSA) is 95.7 Å². The molecule has 3 aliphatic rings. The summed E-state index contributed by atoms with van der Waals surface area (Å²) in [6, 6.07) is -0.708. The molecule has 0 aromatic heterocycles. The maximum absolute atomic E-state index is 12.9. The average Bonchev–Trinajstić information content (AvgIpc) is 2.71. The smallest absolute Gasteiger partial charge is 0.326 e. The van der Waals surface area contributed by atoms with Gasteiger partial charge in [-0.3, -0.25) is 14.5 Å². The molecule has 2 aliphatic heterocycles. The van der Waals surface area contributed by atoms with Crippen LogP contribution in [0.15, 0.2) is 0 Å². The van der Waals surface area contributed by atoms with Crippen LogP contribution in [-0.4, -0.2) is 52.4 Å². The summed E-state index contributed by atoms with van der Waals surface area (Å²) in [7, 11) is 0. The second kappa shape index (κ2) is 6.47. The highest BCUT2D eigenvalue weighted by Gasteiger charge is 2.51. The molecule has 0 aromatic carbocycles. The van der Waals surface area contributed by atoms with Crippen LogP contribution in [-0.2, 0) is 9.59 Å². The standard InChI is InChI=1S/C16H26N4O3/c17-13(21)12-7-3-6-10-19(12)11-20-14(22)16(18-15(20)23)8-4-1-2-5-9-16/h12H,1-11H2,(H2,17,21)(H,18,23)/t12-/m0/s1. The van der Waals surface area contributed by atoms with E-state index in [1.54, 1.807) is 0 Å². The van der Waals surface area contributed by atoms with Crippen molar-refractivity contribution in [2.24, 2.45) is 5.73 Å². The third kappa shape index (κ3) is 3.06. The van der Waals surface area contributed by atoms with E-state index < -0.39 is 5.54 Å². The first kappa shape index (κ1) is 16.2. The van der Waals surface area contributed by atoms with Crippen molar-refractivity contribution in [1.82, 2.24) is 15.1 Å². The fourth-order valence-electron chi connectivity index (χ4n) is 4.14. The van der Waals surface area contributed by atoms with Crippen molar-refractivity contribution in [3.05, 3.63) is 0 Å². The van der Waals surface area contributed by atoms with Gasteiger partial charge in [0.25, 0.3) is 5.91 Å². The predicted octanol–water partition coefficient (Wildman–Crippen LogP) is 0.928. The summed E-state index contributed by atoms with van der Waals surface area (Å²) in [5.41, 5.74) is 4.76. The number of hydrogen-bond acceptors (Lipinski definition) is 4. The van der Waals surface area contributed by atoms with E-state index in [4.69, 9.17) is 5.73 Å². The number of nitrogens with one attached hydrogen (secondary N) is 1. The summed E-state index contributed by atoms with van der Waals surface area (Å²) in [5, 5.41) is 2.94. The van der Waals surface area contributed by atoms with Gasteiger partial charge in [0.05, 0.1) is 12.7 Å². The van der Waals surface area contributed by atoms with Gasteiger partial charge in [-0.05, 0) is 25.7 Å². The summed E-state index contributed by atoms with van der Waals surface area (Å²) in [5.74, 6) is -0.501. The number of nitrogens with two attached hydrogens (primary N) is 1. The first-order valence-electron chi connectivity index (χ1n) is 8.71. The molecule has 4 amide bonds. The van der Waals surface area contributed by atoms with Gasteiger partial charge in [-0.25, -0.2) is 9.69 Å². The highest BCUT2D eigenvalue weighted by molar-refractivity contribution is 6.07. The molecule has 128 valence electrons. The zero-order chi connectivity index (χ0) is 16.4. The molecule has 2 heterocycles. The zero-order valence-electron chi connectivity index (χ0n) is 13.6. The third-order valence-electron chi connectivity index (χ3n) is 5.47. The van der Waals surface area contributed by atoms with Crippen molar-refractivity contribution in [3.8, 4) is 0 Å². The quantitative estimate of drug-likeness (QED) is 0.756. The minimum Gasteiger partial charge on any atom is -0.368 e. The molecule has 1 aliphatic carbocycles. The molecule has 3 rings (SSSR count). The van der Waals surface area contributed by atoms with E-state index >= 15 is 0 Å². The fourth-order valence-corrected chi connectivity index (χ4v) is 4.14. The number of urea groups is 1. The Balaban J connectivity index is 1.73. The van der Waals surface area contributed by atoms with E-state index in [0.717, 1.165) is 38.5 Å². The van der Waals surface area contributed by atoms with Crippen LogP contribution in [0.25, 0.3) is 0 Å². The van der Waals surface area contributed by atoms with Crippen LogP contribution in [0.3, 0.4) is 0 Å². The number of carbonyl (C=O) groups excluding carboxylic acids is 3. The predicted molar refractivity (Wildman–Crippen MR) is 84.2 cm³/mol. The van der Waals surface area contributed by atoms with E-state index in [2.05, 4.69) is 5.32 Å². The Morgan fingerprint density at radius 3 is 2.48 bits per heavy atom. The lowest BCUT2D eigenvalue weighted by atomic mass is 9.90. The maximum Gasteiger partial charge on any atom is 0.326 e. The van der Waals surface area contributed by atoms with Gasteiger partial charge >= 0.3 is 6.03 Å². The van der Waals surface area contributed by atoms with Gasteiger partial charge in [0.15, 0.2) is 0 Å². The lowest BCUT2D eigenvalue weighted by Crippen LogP contribution is -2.53. The number of piperidine rings is 1. The number of likely N-dealkylation sites (tertiary alicyclic amines) is 1. The van der Waals surface area contributed by atoms with E-state index in [-0.39, 0.29) is 30.6 Å². The molecule has 23 heavy (non-hydrogen) atoms. The van der Waals surface area contributed by atoms with Crippen molar-refractivity contribution in [1.29, 1.82) is 0 Å². The highest BCUT2D eigenvalue weighted by atomic mass is 16.2. The lowest BCUT2D eigenvalue weighted by Gasteiger charge is -2.35. The van der Waals surface area contributed by atoms with Gasteiger partial charge < -0.3 is 11.1 Å². The Morgan fingerprint density at radius 1 is 1.13 bits per heavy atom. The van der Waals surface area contributed by atoms with Gasteiger partial charge in [0.1, 0.15) is 5.54 Å². The minimum atomic E-state index is -0.717. The molecule has 0 aromatic rings. The molecule has 3 N–H and O–H groups in total. The van der Waals surface area contributed by atoms with E-state index in [9.17, 15) is 14.4 Å². The monoisotopic (exact) mass is 322 g/mol. The molecule has 2 saturated heterocycles. The molecular formula is C16H26N4O3. The number of nitrogens with zero attached hydrogens (tertiary/aromatic N) is 2. The first-order valence-corrected chi connectivity index (χ1v) is 8.71. The van der Waals surface area contributed by atoms with Gasteiger partial charge in [0.2, 0.25) is 5.91 Å². The molecule has 3 fully saturated rings. The molecular weight excluding hydrogens is 296 g/mol. The minimum absolute atomic E-state index is 0.127. The summed E-state index contributed by atoms with van der Waals surface area (Å²) >= 11 is 0. The second-order valence-corrected chi connectivity index (χ2v) is 7.03. The number of amides is 4. The van der Waals surface area contributed by atoms with Crippen molar-refractivity contribution in [2.45, 2.75) is 69.4 Å². The van der Waals surface area contributed by atoms with Crippen LogP contribution >= 0.6 is 0 Å². The van der Waals surface area contributed by atoms with Crippen LogP contribution in [0.5, 0.6) is 0 Å². The third-order valence-corrected chi connectivity index (χ3v) is 5.47. The summed E-state index contributed by atoms with van der Waals surface area (Å²) in [6.07, 6.45) is 8.19. The Bertz CT molecular complexity index is 500. The summed E-state index contributed by atoms with van der Waals surface area (Å²) < 4.78 is 0. The number of rotatable bonds is 3. The van der Waals surface area contributed by atoms with Crippen LogP contribution in [0, 0.1) is 0 Å². The van der Waals surface area contributed by atoms with Gasteiger partial charge in [0, 0.05) is 6.54 Å². The van der Waals surface area contributed by atoms with Crippen LogP contribution in [0.2, 0.25) is 0 Å². The van der Waals surface area contributed by atoms with Crippen molar-refractivity contribution >= 4 is 17.8 Å². The molecule has 1 saturated carbocycles. The van der Waals surface area contributed by atoms with E-state index in [1.165, 1.54) is 4.90 Å². The number of imide groups is 1. The van der Waals surface area contributed by atoms with Crippen molar-refractivity contribution < 1.29 is 14.4 Å². The highest BCUT2D eigenvalue weighted by Crippen LogP contribution is 2.33. The first-order chi connectivity index (χ1) is 11.0. The van der Waals surface area contributed by atoms with Crippen LogP contribution < -0.4 is 11.1 Å². The van der Waals surface area contributed by atoms with Gasteiger partial charge in [-0.2, -0.15) is 0 Å². The van der Waals surface area contributed by atoms with E-state index in [1.807, 2.05) is 4.90 Å². The van der Waals surface area contributed by atoms with E-state index in [0.29, 0.717) is 25.8 Å². The van der Waals surface area contributed by atoms with Gasteiger partial charge in [-0.1, -0.05) is 32.1 Å². The molecule has 1 atom stereocenters. The Kier molecular flexibility index (Phi) is 4.57. The SMILES string of the molecule is NC(=O)[C@@H]1CCCCN1CN1C(=O)NC2(CCCCCC2)C1=O. The Labute approximate surface area is 136 Å². The average molecular weight is 322 g/mol. The number of hydrogen-bond donors (Lipinski definition) is 2. The molecule has 0 radical (unpaired) electrons. The van der Waals surface area contributed by atoms with Crippen LogP contribution in [0.4, 0.5) is 4.79 Å². The number of primary amides is 1.